The Labute approximate surface area is 111 Å². The molecule has 0 aromatic heterocycles. The van der Waals surface area contributed by atoms with Crippen molar-refractivity contribution < 1.29 is 10.2 Å². The van der Waals surface area contributed by atoms with Crippen molar-refractivity contribution in [3.8, 4) is 0 Å². The summed E-state index contributed by atoms with van der Waals surface area (Å²) in [5, 5.41) is 18.8. The van der Waals surface area contributed by atoms with E-state index in [0.717, 1.165) is 12.0 Å². The van der Waals surface area contributed by atoms with Crippen molar-refractivity contribution in [3.05, 3.63) is 35.4 Å². The average Bonchev–Trinajstić information content (AvgIpc) is 2.42. The summed E-state index contributed by atoms with van der Waals surface area (Å²) in [5.41, 5.74) is 2.06. The van der Waals surface area contributed by atoms with E-state index < -0.39 is 6.10 Å². The third-order valence-electron chi connectivity index (χ3n) is 3.39. The van der Waals surface area contributed by atoms with Gasteiger partial charge in [-0.2, -0.15) is 0 Å². The molecule has 0 bridgehead atoms. The van der Waals surface area contributed by atoms with E-state index >= 15 is 0 Å². The Morgan fingerprint density at radius 2 is 1.67 bits per heavy atom. The maximum Gasteiger partial charge on any atom is 0.102 e. The highest BCUT2D eigenvalue weighted by Crippen LogP contribution is 2.20. The molecule has 0 fully saturated rings. The lowest BCUT2D eigenvalue weighted by atomic mass is 9.97. The number of unbranched alkanes of at least 4 members (excludes halogenated alkanes) is 5. The summed E-state index contributed by atoms with van der Waals surface area (Å²) < 4.78 is 0. The van der Waals surface area contributed by atoms with Crippen LogP contribution in [0.2, 0.25) is 0 Å². The van der Waals surface area contributed by atoms with Gasteiger partial charge in [-0.1, -0.05) is 63.3 Å². The fourth-order valence-electron chi connectivity index (χ4n) is 2.28. The monoisotopic (exact) mass is 250 g/mol. The van der Waals surface area contributed by atoms with Crippen molar-refractivity contribution in [2.75, 3.05) is 6.61 Å². The van der Waals surface area contributed by atoms with Gasteiger partial charge in [0.05, 0.1) is 6.61 Å². The van der Waals surface area contributed by atoms with Gasteiger partial charge in [-0.3, -0.25) is 0 Å². The predicted octanol–water partition coefficient (Wildman–Crippen LogP) is 3.62. The fourth-order valence-corrected chi connectivity index (χ4v) is 2.28. The second-order valence-corrected chi connectivity index (χ2v) is 4.91. The van der Waals surface area contributed by atoms with Crippen molar-refractivity contribution in [2.45, 2.75) is 58.0 Å². The number of hydrogen-bond donors (Lipinski definition) is 2. The highest BCUT2D eigenvalue weighted by Gasteiger charge is 2.10. The number of hydrogen-bond acceptors (Lipinski definition) is 2. The van der Waals surface area contributed by atoms with Gasteiger partial charge in [0.1, 0.15) is 6.10 Å². The number of aliphatic hydroxyl groups excluding tert-OH is 2. The number of benzene rings is 1. The molecule has 0 amide bonds. The Hall–Kier alpha value is -0.860. The fraction of sp³-hybridized carbons (Fsp3) is 0.625. The number of aryl methyl sites for hydroxylation is 1. The molecular formula is C16H26O2. The van der Waals surface area contributed by atoms with Gasteiger partial charge in [0.15, 0.2) is 0 Å². The van der Waals surface area contributed by atoms with Crippen LogP contribution in [0, 0.1) is 0 Å². The SMILES string of the molecule is CCCCCCCCc1ccccc1C(O)CO. The molecule has 2 nitrogen and oxygen atoms in total. The van der Waals surface area contributed by atoms with Crippen LogP contribution in [0.25, 0.3) is 0 Å². The van der Waals surface area contributed by atoms with Gasteiger partial charge in [0.2, 0.25) is 0 Å². The van der Waals surface area contributed by atoms with E-state index in [4.69, 9.17) is 5.11 Å². The lowest BCUT2D eigenvalue weighted by Crippen LogP contribution is -2.06. The Kier molecular flexibility index (Phi) is 7.70. The predicted molar refractivity (Wildman–Crippen MR) is 75.6 cm³/mol. The topological polar surface area (TPSA) is 40.5 Å². The summed E-state index contributed by atoms with van der Waals surface area (Å²) in [5.74, 6) is 0. The summed E-state index contributed by atoms with van der Waals surface area (Å²) in [4.78, 5) is 0. The Morgan fingerprint density at radius 1 is 1.00 bits per heavy atom. The molecule has 1 aromatic rings. The minimum atomic E-state index is -0.735. The molecule has 0 heterocycles. The normalized spacial score (nSPS) is 12.6. The van der Waals surface area contributed by atoms with E-state index in [-0.39, 0.29) is 6.61 Å². The highest BCUT2D eigenvalue weighted by molar-refractivity contribution is 5.29. The Balaban J connectivity index is 2.37. The molecule has 0 aliphatic rings. The van der Waals surface area contributed by atoms with Gasteiger partial charge < -0.3 is 10.2 Å². The molecule has 2 N–H and O–H groups in total. The molecule has 0 saturated heterocycles. The van der Waals surface area contributed by atoms with Crippen LogP contribution < -0.4 is 0 Å². The van der Waals surface area contributed by atoms with Crippen molar-refractivity contribution in [3.63, 3.8) is 0 Å². The first-order valence-electron chi connectivity index (χ1n) is 7.16. The standard InChI is InChI=1S/C16H26O2/c1-2-3-4-5-6-7-10-14-11-8-9-12-15(14)16(18)13-17/h8-9,11-12,16-18H,2-7,10,13H2,1H3. The van der Waals surface area contributed by atoms with Gasteiger partial charge in [0.25, 0.3) is 0 Å². The summed E-state index contributed by atoms with van der Waals surface area (Å²) in [7, 11) is 0. The van der Waals surface area contributed by atoms with Gasteiger partial charge in [-0.25, -0.2) is 0 Å². The van der Waals surface area contributed by atoms with E-state index in [1.54, 1.807) is 0 Å². The molecule has 0 spiro atoms. The van der Waals surface area contributed by atoms with E-state index in [2.05, 4.69) is 13.0 Å². The smallest absolute Gasteiger partial charge is 0.102 e. The molecular weight excluding hydrogens is 224 g/mol. The second kappa shape index (κ2) is 9.12. The van der Waals surface area contributed by atoms with Crippen LogP contribution in [0.15, 0.2) is 24.3 Å². The summed E-state index contributed by atoms with van der Waals surface area (Å²) in [6.07, 6.45) is 7.93. The molecule has 0 saturated carbocycles. The van der Waals surface area contributed by atoms with Crippen LogP contribution in [0.4, 0.5) is 0 Å². The Bertz CT molecular complexity index is 323. The highest BCUT2D eigenvalue weighted by atomic mass is 16.3. The maximum absolute atomic E-state index is 9.73. The van der Waals surface area contributed by atoms with Crippen LogP contribution >= 0.6 is 0 Å². The molecule has 1 aromatic carbocycles. The largest absolute Gasteiger partial charge is 0.393 e. The molecule has 102 valence electrons. The Morgan fingerprint density at radius 3 is 2.39 bits per heavy atom. The lowest BCUT2D eigenvalue weighted by molar-refractivity contribution is 0.0949. The molecule has 2 heteroatoms. The zero-order valence-corrected chi connectivity index (χ0v) is 11.4. The number of aliphatic hydroxyl groups is 2. The molecule has 0 radical (unpaired) electrons. The quantitative estimate of drug-likeness (QED) is 0.657. The van der Waals surface area contributed by atoms with E-state index in [0.29, 0.717) is 0 Å². The summed E-state index contributed by atoms with van der Waals surface area (Å²) in [6, 6.07) is 7.88. The second-order valence-electron chi connectivity index (χ2n) is 4.91. The zero-order valence-electron chi connectivity index (χ0n) is 11.4. The van der Waals surface area contributed by atoms with Gasteiger partial charge in [-0.05, 0) is 24.0 Å². The molecule has 1 unspecified atom stereocenters. The third-order valence-corrected chi connectivity index (χ3v) is 3.39. The van der Waals surface area contributed by atoms with Crippen molar-refractivity contribution in [1.29, 1.82) is 0 Å². The maximum atomic E-state index is 9.73. The van der Waals surface area contributed by atoms with Crippen LogP contribution in [0.5, 0.6) is 0 Å². The average molecular weight is 250 g/mol. The van der Waals surface area contributed by atoms with Crippen molar-refractivity contribution in [2.24, 2.45) is 0 Å². The molecule has 0 aliphatic carbocycles. The van der Waals surface area contributed by atoms with Gasteiger partial charge in [0, 0.05) is 0 Å². The van der Waals surface area contributed by atoms with Gasteiger partial charge >= 0.3 is 0 Å². The summed E-state index contributed by atoms with van der Waals surface area (Å²) in [6.45, 7) is 2.03. The third kappa shape index (κ3) is 5.19. The van der Waals surface area contributed by atoms with Gasteiger partial charge in [-0.15, -0.1) is 0 Å². The van der Waals surface area contributed by atoms with Crippen LogP contribution in [-0.2, 0) is 6.42 Å². The lowest BCUT2D eigenvalue weighted by Gasteiger charge is -2.13. The van der Waals surface area contributed by atoms with E-state index in [1.807, 2.05) is 18.2 Å². The minimum Gasteiger partial charge on any atom is -0.393 e. The van der Waals surface area contributed by atoms with Crippen LogP contribution in [0.1, 0.15) is 62.7 Å². The van der Waals surface area contributed by atoms with E-state index in [9.17, 15) is 5.11 Å². The number of rotatable bonds is 9. The molecule has 0 aliphatic heterocycles. The van der Waals surface area contributed by atoms with Crippen LogP contribution in [-0.4, -0.2) is 16.8 Å². The molecule has 1 rings (SSSR count). The van der Waals surface area contributed by atoms with Crippen LogP contribution in [0.3, 0.4) is 0 Å². The molecule has 1 atom stereocenters. The van der Waals surface area contributed by atoms with E-state index in [1.165, 1.54) is 44.1 Å². The molecule has 18 heavy (non-hydrogen) atoms. The first kappa shape index (κ1) is 15.2. The van der Waals surface area contributed by atoms with Crippen molar-refractivity contribution >= 4 is 0 Å². The van der Waals surface area contributed by atoms with Crippen molar-refractivity contribution in [1.82, 2.24) is 0 Å². The first-order chi connectivity index (χ1) is 8.79. The zero-order chi connectivity index (χ0) is 13.2. The first-order valence-corrected chi connectivity index (χ1v) is 7.16. The minimum absolute atomic E-state index is 0.201. The summed E-state index contributed by atoms with van der Waals surface area (Å²) >= 11 is 0.